The smallest absolute Gasteiger partial charge is 0.309 e. The quantitative estimate of drug-likeness (QED) is 0.175. The molecule has 2 rings (SSSR count). The number of hydrogen-bond donors (Lipinski definition) is 4. The molecule has 4 N–H and O–H groups in total. The van der Waals surface area contributed by atoms with E-state index in [0.717, 1.165) is 64.2 Å². The monoisotopic (exact) mass is 468 g/mol. The van der Waals surface area contributed by atoms with Crippen molar-refractivity contribution in [2.75, 3.05) is 0 Å². The number of aliphatic carboxylic acids is 1. The Hall–Kier alpha value is -0.650. The van der Waals surface area contributed by atoms with Gasteiger partial charge in [0.25, 0.3) is 0 Å². The van der Waals surface area contributed by atoms with E-state index in [-0.39, 0.29) is 6.10 Å². The van der Waals surface area contributed by atoms with Crippen molar-refractivity contribution in [1.82, 2.24) is 0 Å². The largest absolute Gasteiger partial charge is 0.481 e. The highest BCUT2D eigenvalue weighted by Gasteiger charge is 2.48. The molecular formula is C28H52O5. The molecule has 0 radical (unpaired) electrons. The van der Waals surface area contributed by atoms with Crippen LogP contribution < -0.4 is 0 Å². The van der Waals surface area contributed by atoms with Crippen LogP contribution in [0.3, 0.4) is 0 Å². The third-order valence-corrected chi connectivity index (χ3v) is 8.62. The summed E-state index contributed by atoms with van der Waals surface area (Å²) in [6.07, 6.45) is 19.5. The number of carboxylic acids is 1. The van der Waals surface area contributed by atoms with E-state index in [1.165, 1.54) is 51.4 Å². The van der Waals surface area contributed by atoms with Gasteiger partial charge in [-0.25, -0.2) is 0 Å². The normalized spacial score (nSPS) is 24.8. The molecule has 4 atom stereocenters. The van der Waals surface area contributed by atoms with Crippen LogP contribution in [-0.4, -0.2) is 44.2 Å². The molecule has 2 saturated carbocycles. The third kappa shape index (κ3) is 10.2. The van der Waals surface area contributed by atoms with Crippen molar-refractivity contribution in [3.8, 4) is 0 Å². The first-order chi connectivity index (χ1) is 15.8. The van der Waals surface area contributed by atoms with Gasteiger partial charge >= 0.3 is 5.97 Å². The molecule has 2 fully saturated rings. The van der Waals surface area contributed by atoms with Crippen LogP contribution in [0.25, 0.3) is 0 Å². The predicted molar refractivity (Wildman–Crippen MR) is 133 cm³/mol. The fourth-order valence-corrected chi connectivity index (χ4v) is 6.46. The highest BCUT2D eigenvalue weighted by atomic mass is 16.4. The summed E-state index contributed by atoms with van der Waals surface area (Å²) < 4.78 is 0. The van der Waals surface area contributed by atoms with Crippen LogP contribution in [-0.2, 0) is 4.79 Å². The Balaban J connectivity index is 1.57. The molecule has 0 unspecified atom stereocenters. The second-order valence-electron chi connectivity index (χ2n) is 11.5. The molecule has 0 aliphatic heterocycles. The molecule has 0 aromatic carbocycles. The summed E-state index contributed by atoms with van der Waals surface area (Å²) in [5.41, 5.74) is -0.403. The van der Waals surface area contributed by atoms with E-state index in [2.05, 4.69) is 6.92 Å². The molecule has 1 spiro atoms. The molecule has 194 valence electrons. The van der Waals surface area contributed by atoms with Crippen molar-refractivity contribution in [3.05, 3.63) is 0 Å². The molecule has 2 aliphatic rings. The van der Waals surface area contributed by atoms with Crippen molar-refractivity contribution in [2.45, 2.75) is 160 Å². The van der Waals surface area contributed by atoms with Gasteiger partial charge in [-0.3, -0.25) is 4.79 Å². The van der Waals surface area contributed by atoms with Crippen LogP contribution in [0.5, 0.6) is 0 Å². The first kappa shape index (κ1) is 28.6. The minimum Gasteiger partial charge on any atom is -0.481 e. The highest BCUT2D eigenvalue weighted by molar-refractivity contribution is 5.70. The maximum atomic E-state index is 11.7. The van der Waals surface area contributed by atoms with Crippen LogP contribution in [0, 0.1) is 11.3 Å². The lowest BCUT2D eigenvalue weighted by Crippen LogP contribution is -2.33. The average molecular weight is 469 g/mol. The summed E-state index contributed by atoms with van der Waals surface area (Å²) in [6, 6.07) is 0. The van der Waals surface area contributed by atoms with E-state index in [1.54, 1.807) is 0 Å². The minimum absolute atomic E-state index is 0.204. The maximum Gasteiger partial charge on any atom is 0.309 e. The summed E-state index contributed by atoms with van der Waals surface area (Å²) in [5, 5.41) is 41.3. The van der Waals surface area contributed by atoms with Crippen LogP contribution in [0.1, 0.15) is 142 Å². The molecule has 5 nitrogen and oxygen atoms in total. The second kappa shape index (κ2) is 14.7. The first-order valence-electron chi connectivity index (χ1n) is 14.1. The Labute approximate surface area is 202 Å². The summed E-state index contributed by atoms with van der Waals surface area (Å²) in [6.45, 7) is 2.21. The highest BCUT2D eigenvalue weighted by Crippen LogP contribution is 2.55. The number of rotatable bonds is 18. The second-order valence-corrected chi connectivity index (χ2v) is 11.5. The number of hydrogen-bond acceptors (Lipinski definition) is 4. The van der Waals surface area contributed by atoms with E-state index >= 15 is 0 Å². The Morgan fingerprint density at radius 1 is 0.788 bits per heavy atom. The molecule has 0 aromatic rings. The number of aliphatic hydroxyl groups is 3. The van der Waals surface area contributed by atoms with Crippen LogP contribution in [0.4, 0.5) is 0 Å². The van der Waals surface area contributed by atoms with Gasteiger partial charge in [-0.05, 0) is 69.6 Å². The molecule has 0 aromatic heterocycles. The van der Waals surface area contributed by atoms with Gasteiger partial charge in [0.1, 0.15) is 0 Å². The average Bonchev–Trinajstić information content (AvgIpc) is 3.37. The summed E-state index contributed by atoms with van der Waals surface area (Å²) in [5.74, 6) is -1.67. The number of aliphatic hydroxyl groups excluding tert-OH is 2. The lowest BCUT2D eigenvalue weighted by Gasteiger charge is -2.29. The topological polar surface area (TPSA) is 98.0 Å². The molecule has 33 heavy (non-hydrogen) atoms. The van der Waals surface area contributed by atoms with Gasteiger partial charge < -0.3 is 20.4 Å². The van der Waals surface area contributed by atoms with E-state index in [4.69, 9.17) is 0 Å². The SMILES string of the molecule is CCCCCCC[C@H](O)CCCCCC[C@H](C(=O)O)[C@H](O)CC[C@@]1(O)CCC2(CCCC2)C1. The number of carbonyl (C=O) groups is 1. The molecule has 0 saturated heterocycles. The zero-order chi connectivity index (χ0) is 24.2. The molecule has 5 heteroatoms. The third-order valence-electron chi connectivity index (χ3n) is 8.62. The molecule has 0 amide bonds. The Kier molecular flexibility index (Phi) is 12.7. The van der Waals surface area contributed by atoms with Crippen molar-refractivity contribution in [3.63, 3.8) is 0 Å². The Bertz CT molecular complexity index is 544. The van der Waals surface area contributed by atoms with Crippen molar-refractivity contribution >= 4 is 5.97 Å². The van der Waals surface area contributed by atoms with Gasteiger partial charge in [0.05, 0.1) is 23.7 Å². The predicted octanol–water partition coefficient (Wildman–Crippen LogP) is 6.37. The summed E-state index contributed by atoms with van der Waals surface area (Å²) in [7, 11) is 0. The standard InChI is InChI=1S/C28H52O5/c1-2-3-4-5-8-13-23(29)14-9-6-7-10-15-24(26(31)32)25(30)16-19-28(33)21-20-27(22-28)17-11-12-18-27/h23-25,29-30,33H,2-22H2,1H3,(H,31,32)/t23-,24-,25+,28+/m0/s1. The van der Waals surface area contributed by atoms with Gasteiger partial charge in [-0.15, -0.1) is 0 Å². The lowest BCUT2D eigenvalue weighted by atomic mass is 9.81. The van der Waals surface area contributed by atoms with Crippen molar-refractivity contribution in [1.29, 1.82) is 0 Å². The van der Waals surface area contributed by atoms with Gasteiger partial charge in [-0.2, -0.15) is 0 Å². The maximum absolute atomic E-state index is 11.7. The lowest BCUT2D eigenvalue weighted by molar-refractivity contribution is -0.146. The van der Waals surface area contributed by atoms with Gasteiger partial charge in [-0.1, -0.05) is 77.6 Å². The summed E-state index contributed by atoms with van der Waals surface area (Å²) >= 11 is 0. The van der Waals surface area contributed by atoms with Crippen LogP contribution in [0.2, 0.25) is 0 Å². The van der Waals surface area contributed by atoms with Crippen LogP contribution >= 0.6 is 0 Å². The van der Waals surface area contributed by atoms with E-state index in [0.29, 0.717) is 24.7 Å². The number of unbranched alkanes of at least 4 members (excludes halogenated alkanes) is 7. The molecule has 0 bridgehead atoms. The Morgan fingerprint density at radius 2 is 1.36 bits per heavy atom. The van der Waals surface area contributed by atoms with Crippen molar-refractivity contribution < 1.29 is 25.2 Å². The number of carboxylic acid groups (broad SMARTS) is 1. The van der Waals surface area contributed by atoms with E-state index in [1.807, 2.05) is 0 Å². The minimum atomic E-state index is -0.924. The fourth-order valence-electron chi connectivity index (χ4n) is 6.46. The van der Waals surface area contributed by atoms with Gasteiger partial charge in [0.15, 0.2) is 0 Å². The van der Waals surface area contributed by atoms with E-state index in [9.17, 15) is 25.2 Å². The first-order valence-corrected chi connectivity index (χ1v) is 14.1. The molecule has 0 heterocycles. The molecular weight excluding hydrogens is 416 g/mol. The zero-order valence-corrected chi connectivity index (χ0v) is 21.3. The molecule has 2 aliphatic carbocycles. The fraction of sp³-hybridized carbons (Fsp3) is 0.964. The van der Waals surface area contributed by atoms with Gasteiger partial charge in [0, 0.05) is 0 Å². The zero-order valence-electron chi connectivity index (χ0n) is 21.3. The van der Waals surface area contributed by atoms with Crippen LogP contribution in [0.15, 0.2) is 0 Å². The van der Waals surface area contributed by atoms with Crippen molar-refractivity contribution in [2.24, 2.45) is 11.3 Å². The Morgan fingerprint density at radius 3 is 1.94 bits per heavy atom. The van der Waals surface area contributed by atoms with Gasteiger partial charge in [0.2, 0.25) is 0 Å². The van der Waals surface area contributed by atoms with E-state index < -0.39 is 23.6 Å². The summed E-state index contributed by atoms with van der Waals surface area (Å²) in [4.78, 5) is 11.7.